The first-order valence-electron chi connectivity index (χ1n) is 9.97. The molecule has 2 aliphatic rings. The average molecular weight is 357 g/mol. The predicted octanol–water partition coefficient (Wildman–Crippen LogP) is 2.19. The van der Waals surface area contributed by atoms with E-state index in [0.29, 0.717) is 38.5 Å². The molecule has 3 rings (SSSR count). The summed E-state index contributed by atoms with van der Waals surface area (Å²) in [7, 11) is 0. The molecule has 142 valence electrons. The van der Waals surface area contributed by atoms with Crippen LogP contribution in [0.5, 0.6) is 0 Å². The number of benzene rings is 1. The van der Waals surface area contributed by atoms with Crippen molar-refractivity contribution in [1.82, 2.24) is 14.7 Å². The Hall–Kier alpha value is -1.88. The highest BCUT2D eigenvalue weighted by atomic mass is 16.2. The van der Waals surface area contributed by atoms with Gasteiger partial charge in [0.15, 0.2) is 0 Å². The van der Waals surface area contributed by atoms with Gasteiger partial charge in [0.1, 0.15) is 0 Å². The molecule has 0 radical (unpaired) electrons. The predicted molar refractivity (Wildman–Crippen MR) is 103 cm³/mol. The minimum atomic E-state index is 0.141. The Bertz CT molecular complexity index is 607. The molecule has 0 N–H and O–H groups in total. The quantitative estimate of drug-likeness (QED) is 0.751. The van der Waals surface area contributed by atoms with E-state index in [-0.39, 0.29) is 17.7 Å². The minimum absolute atomic E-state index is 0.141. The molecule has 1 saturated carbocycles. The third-order valence-electron chi connectivity index (χ3n) is 5.82. The van der Waals surface area contributed by atoms with E-state index < -0.39 is 0 Å². The summed E-state index contributed by atoms with van der Waals surface area (Å²) >= 11 is 0. The zero-order valence-electron chi connectivity index (χ0n) is 16.1. The van der Waals surface area contributed by atoms with E-state index in [0.717, 1.165) is 26.1 Å². The van der Waals surface area contributed by atoms with Crippen molar-refractivity contribution in [3.05, 3.63) is 35.9 Å². The molecule has 2 unspecified atom stereocenters. The van der Waals surface area contributed by atoms with Crippen molar-refractivity contribution in [1.29, 1.82) is 0 Å². The van der Waals surface area contributed by atoms with Crippen LogP contribution in [0.4, 0.5) is 0 Å². The monoisotopic (exact) mass is 357 g/mol. The summed E-state index contributed by atoms with van der Waals surface area (Å²) in [6.07, 6.45) is 1.54. The maximum absolute atomic E-state index is 12.7. The lowest BCUT2D eigenvalue weighted by Crippen LogP contribution is -2.51. The number of amides is 2. The van der Waals surface area contributed by atoms with Crippen molar-refractivity contribution in [2.24, 2.45) is 5.92 Å². The van der Waals surface area contributed by atoms with Crippen molar-refractivity contribution in [2.75, 3.05) is 45.8 Å². The second-order valence-corrected chi connectivity index (χ2v) is 7.34. The Kier molecular flexibility index (Phi) is 6.30. The smallest absolute Gasteiger partial charge is 0.226 e. The summed E-state index contributed by atoms with van der Waals surface area (Å²) in [5.74, 6) is 1.02. The lowest BCUT2D eigenvalue weighted by atomic mass is 10.1. The molecular weight excluding hydrogens is 326 g/mol. The molecule has 0 spiro atoms. The molecule has 1 heterocycles. The molecule has 2 fully saturated rings. The summed E-state index contributed by atoms with van der Waals surface area (Å²) in [5, 5.41) is 0. The molecule has 5 heteroatoms. The van der Waals surface area contributed by atoms with E-state index in [1.165, 1.54) is 5.56 Å². The van der Waals surface area contributed by atoms with Crippen molar-refractivity contribution in [2.45, 2.75) is 32.6 Å². The summed E-state index contributed by atoms with van der Waals surface area (Å²) in [5.41, 5.74) is 1.27. The Morgan fingerprint density at radius 1 is 1.00 bits per heavy atom. The van der Waals surface area contributed by atoms with Gasteiger partial charge in [-0.3, -0.25) is 9.59 Å². The molecule has 0 aromatic heterocycles. The summed E-state index contributed by atoms with van der Waals surface area (Å²) in [4.78, 5) is 31.3. The van der Waals surface area contributed by atoms with Crippen LogP contribution in [0.2, 0.25) is 0 Å². The summed E-state index contributed by atoms with van der Waals surface area (Å²) in [6.45, 7) is 9.73. The molecule has 5 nitrogen and oxygen atoms in total. The largest absolute Gasteiger partial charge is 0.339 e. The van der Waals surface area contributed by atoms with E-state index >= 15 is 0 Å². The molecular formula is C21H31N3O2. The molecule has 2 amide bonds. The van der Waals surface area contributed by atoms with Crippen molar-refractivity contribution in [3.8, 4) is 0 Å². The highest BCUT2D eigenvalue weighted by Gasteiger charge is 2.46. The van der Waals surface area contributed by atoms with Gasteiger partial charge < -0.3 is 14.7 Å². The Morgan fingerprint density at radius 3 is 2.23 bits per heavy atom. The van der Waals surface area contributed by atoms with Crippen LogP contribution in [-0.4, -0.2) is 72.3 Å². The zero-order valence-corrected chi connectivity index (χ0v) is 16.1. The van der Waals surface area contributed by atoms with Gasteiger partial charge in [-0.2, -0.15) is 0 Å². The van der Waals surface area contributed by atoms with Gasteiger partial charge in [0.05, 0.1) is 0 Å². The first-order chi connectivity index (χ1) is 12.6. The summed E-state index contributed by atoms with van der Waals surface area (Å²) in [6, 6.07) is 10.3. The first-order valence-corrected chi connectivity index (χ1v) is 9.97. The number of carbonyl (C=O) groups is 2. The molecule has 1 aliphatic heterocycles. The lowest BCUT2D eigenvalue weighted by Gasteiger charge is -2.35. The van der Waals surface area contributed by atoms with E-state index in [9.17, 15) is 9.59 Å². The molecule has 1 aromatic carbocycles. The fourth-order valence-electron chi connectivity index (χ4n) is 3.90. The maximum Gasteiger partial charge on any atom is 0.226 e. The third-order valence-corrected chi connectivity index (χ3v) is 5.82. The number of hydrogen-bond acceptors (Lipinski definition) is 3. The Balaban J connectivity index is 1.42. The second kappa shape index (κ2) is 8.67. The topological polar surface area (TPSA) is 43.9 Å². The number of rotatable bonds is 7. The fraction of sp³-hybridized carbons (Fsp3) is 0.619. The molecule has 1 saturated heterocycles. The van der Waals surface area contributed by atoms with E-state index in [4.69, 9.17) is 0 Å². The molecule has 2 atom stereocenters. The highest BCUT2D eigenvalue weighted by Crippen LogP contribution is 2.48. The standard InChI is InChI=1S/C21H31N3O2/c1-3-22(4-2)11-10-20(25)23-12-14-24(15-13-23)21(26)19-16-18(19)17-8-6-5-7-9-17/h5-9,18-19H,3-4,10-16H2,1-2H3. The van der Waals surface area contributed by atoms with Crippen molar-refractivity contribution in [3.63, 3.8) is 0 Å². The van der Waals surface area contributed by atoms with Crippen LogP contribution in [0.15, 0.2) is 30.3 Å². The SMILES string of the molecule is CCN(CC)CCC(=O)N1CCN(C(=O)C2CC2c2ccccc2)CC1. The first kappa shape index (κ1) is 18.9. The second-order valence-electron chi connectivity index (χ2n) is 7.34. The fourth-order valence-corrected chi connectivity index (χ4v) is 3.90. The van der Waals surface area contributed by atoms with Crippen LogP contribution in [-0.2, 0) is 9.59 Å². The van der Waals surface area contributed by atoms with Gasteiger partial charge in [-0.25, -0.2) is 0 Å². The van der Waals surface area contributed by atoms with Crippen LogP contribution in [0.25, 0.3) is 0 Å². The molecule has 1 aromatic rings. The zero-order chi connectivity index (χ0) is 18.5. The van der Waals surface area contributed by atoms with E-state index in [1.54, 1.807) is 0 Å². The van der Waals surface area contributed by atoms with Gasteiger partial charge in [0.2, 0.25) is 11.8 Å². The van der Waals surface area contributed by atoms with Gasteiger partial charge in [-0.15, -0.1) is 0 Å². The maximum atomic E-state index is 12.7. The Morgan fingerprint density at radius 2 is 1.62 bits per heavy atom. The number of carbonyl (C=O) groups excluding carboxylic acids is 2. The summed E-state index contributed by atoms with van der Waals surface area (Å²) < 4.78 is 0. The highest BCUT2D eigenvalue weighted by molar-refractivity contribution is 5.83. The normalized spacial score (nSPS) is 22.6. The lowest BCUT2D eigenvalue weighted by molar-refractivity contribution is -0.140. The minimum Gasteiger partial charge on any atom is -0.339 e. The molecule has 0 bridgehead atoms. The third kappa shape index (κ3) is 4.44. The van der Waals surface area contributed by atoms with Gasteiger partial charge in [-0.1, -0.05) is 44.2 Å². The van der Waals surface area contributed by atoms with Gasteiger partial charge in [0, 0.05) is 45.1 Å². The Labute approximate surface area is 156 Å². The van der Waals surface area contributed by atoms with E-state index in [1.807, 2.05) is 28.0 Å². The van der Waals surface area contributed by atoms with Crippen LogP contribution >= 0.6 is 0 Å². The number of hydrogen-bond donors (Lipinski definition) is 0. The van der Waals surface area contributed by atoms with Crippen molar-refractivity contribution < 1.29 is 9.59 Å². The van der Waals surface area contributed by atoms with Crippen LogP contribution in [0.3, 0.4) is 0 Å². The van der Waals surface area contributed by atoms with Gasteiger partial charge >= 0.3 is 0 Å². The van der Waals surface area contributed by atoms with Gasteiger partial charge in [-0.05, 0) is 31.0 Å². The van der Waals surface area contributed by atoms with Crippen LogP contribution < -0.4 is 0 Å². The molecule has 26 heavy (non-hydrogen) atoms. The average Bonchev–Trinajstić information content (AvgIpc) is 3.50. The van der Waals surface area contributed by atoms with E-state index in [2.05, 4.69) is 30.9 Å². The van der Waals surface area contributed by atoms with Crippen molar-refractivity contribution >= 4 is 11.8 Å². The van der Waals surface area contributed by atoms with Crippen LogP contribution in [0.1, 0.15) is 38.2 Å². The van der Waals surface area contributed by atoms with Gasteiger partial charge in [0.25, 0.3) is 0 Å². The van der Waals surface area contributed by atoms with Crippen LogP contribution in [0, 0.1) is 5.92 Å². The number of nitrogens with zero attached hydrogens (tertiary/aromatic N) is 3. The molecule has 1 aliphatic carbocycles. The number of piperazine rings is 1.